The molecule has 106 valence electrons. The molecule has 2 aromatic heterocycles. The van der Waals surface area contributed by atoms with Gasteiger partial charge in [-0.1, -0.05) is 0 Å². The number of nitrogens with one attached hydrogen (secondary N) is 1. The quantitative estimate of drug-likeness (QED) is 0.799. The van der Waals surface area contributed by atoms with Crippen LogP contribution in [0.2, 0.25) is 0 Å². The van der Waals surface area contributed by atoms with E-state index < -0.39 is 0 Å². The molecule has 0 aliphatic carbocycles. The summed E-state index contributed by atoms with van der Waals surface area (Å²) in [4.78, 5) is 5.41. The molecule has 6 heteroatoms. The molecule has 0 saturated heterocycles. The molecule has 2 heterocycles. The van der Waals surface area contributed by atoms with Crippen LogP contribution < -0.4 is 5.32 Å². The molecule has 1 unspecified atom stereocenters. The first kappa shape index (κ1) is 13.2. The molecule has 0 saturated carbocycles. The van der Waals surface area contributed by atoms with Crippen LogP contribution in [0, 0.1) is 5.82 Å². The number of hydrogen-bond acceptors (Lipinski definition) is 4. The normalized spacial score (nSPS) is 12.1. The summed E-state index contributed by atoms with van der Waals surface area (Å²) in [7, 11) is 0. The molecule has 3 rings (SSSR count). The Bertz CT molecular complexity index is 709. The van der Waals surface area contributed by atoms with E-state index in [1.807, 2.05) is 31.2 Å². The average molecular weight is 283 g/mol. The Hall–Kier alpha value is -2.76. The molecular weight excluding hydrogens is 269 g/mol. The lowest BCUT2D eigenvalue weighted by atomic mass is 10.1. The molecule has 3 aromatic rings. The standard InChI is InChI=1S/C15H14FN5/c1-11(12-8-13(16)10-17-9-12)20-14-2-4-15(5-3-14)21-18-6-7-19-21/h2-11,20H,1H3. The fraction of sp³-hybridized carbons (Fsp3) is 0.133. The first-order valence-electron chi connectivity index (χ1n) is 6.56. The van der Waals surface area contributed by atoms with Gasteiger partial charge in [-0.25, -0.2) is 4.39 Å². The zero-order chi connectivity index (χ0) is 14.7. The van der Waals surface area contributed by atoms with E-state index in [1.54, 1.807) is 23.4 Å². The molecule has 21 heavy (non-hydrogen) atoms. The van der Waals surface area contributed by atoms with Gasteiger partial charge in [0.25, 0.3) is 0 Å². The molecule has 1 aromatic carbocycles. The van der Waals surface area contributed by atoms with Crippen molar-refractivity contribution in [2.24, 2.45) is 0 Å². The Morgan fingerprint density at radius 2 is 1.81 bits per heavy atom. The van der Waals surface area contributed by atoms with Gasteiger partial charge in [-0.15, -0.1) is 0 Å². The summed E-state index contributed by atoms with van der Waals surface area (Å²) in [6.45, 7) is 1.96. The van der Waals surface area contributed by atoms with Gasteiger partial charge in [0.05, 0.1) is 30.3 Å². The number of aromatic nitrogens is 4. The zero-order valence-electron chi connectivity index (χ0n) is 11.4. The van der Waals surface area contributed by atoms with Crippen molar-refractivity contribution in [2.45, 2.75) is 13.0 Å². The SMILES string of the molecule is CC(Nc1ccc(-n2nccn2)cc1)c1cncc(F)c1. The number of benzene rings is 1. The molecule has 0 aliphatic heterocycles. The highest BCUT2D eigenvalue weighted by molar-refractivity contribution is 5.49. The van der Waals surface area contributed by atoms with Gasteiger partial charge in [0.2, 0.25) is 0 Å². The van der Waals surface area contributed by atoms with Gasteiger partial charge in [-0.3, -0.25) is 4.98 Å². The van der Waals surface area contributed by atoms with Gasteiger partial charge in [-0.05, 0) is 42.8 Å². The van der Waals surface area contributed by atoms with Crippen molar-refractivity contribution in [1.82, 2.24) is 20.0 Å². The highest BCUT2D eigenvalue weighted by atomic mass is 19.1. The molecule has 1 atom stereocenters. The van der Waals surface area contributed by atoms with Gasteiger partial charge in [0.1, 0.15) is 5.82 Å². The monoisotopic (exact) mass is 283 g/mol. The van der Waals surface area contributed by atoms with Crippen LogP contribution in [0.25, 0.3) is 5.69 Å². The number of hydrogen-bond donors (Lipinski definition) is 1. The molecule has 0 amide bonds. The van der Waals surface area contributed by atoms with Crippen LogP contribution in [0.5, 0.6) is 0 Å². The van der Waals surface area contributed by atoms with Crippen molar-refractivity contribution in [3.63, 3.8) is 0 Å². The lowest BCUT2D eigenvalue weighted by Gasteiger charge is -2.15. The predicted molar refractivity (Wildman–Crippen MR) is 77.6 cm³/mol. The van der Waals surface area contributed by atoms with Crippen LogP contribution in [-0.4, -0.2) is 20.0 Å². The minimum absolute atomic E-state index is 0.0399. The fourth-order valence-electron chi connectivity index (χ4n) is 2.04. The smallest absolute Gasteiger partial charge is 0.141 e. The molecule has 0 radical (unpaired) electrons. The van der Waals surface area contributed by atoms with E-state index in [1.165, 1.54) is 12.3 Å². The van der Waals surface area contributed by atoms with Crippen LogP contribution in [0.3, 0.4) is 0 Å². The van der Waals surface area contributed by atoms with Gasteiger partial charge in [-0.2, -0.15) is 15.0 Å². The summed E-state index contributed by atoms with van der Waals surface area (Å²) in [6, 6.07) is 9.13. The van der Waals surface area contributed by atoms with Gasteiger partial charge >= 0.3 is 0 Å². The van der Waals surface area contributed by atoms with E-state index in [9.17, 15) is 4.39 Å². The second-order valence-electron chi connectivity index (χ2n) is 4.67. The van der Waals surface area contributed by atoms with E-state index in [0.29, 0.717) is 0 Å². The lowest BCUT2D eigenvalue weighted by molar-refractivity contribution is 0.616. The average Bonchev–Trinajstić information content (AvgIpc) is 3.02. The van der Waals surface area contributed by atoms with Crippen molar-refractivity contribution >= 4 is 5.69 Å². The molecule has 0 aliphatic rings. The second kappa shape index (κ2) is 5.70. The van der Waals surface area contributed by atoms with E-state index in [0.717, 1.165) is 16.9 Å². The van der Waals surface area contributed by atoms with Crippen LogP contribution in [0.4, 0.5) is 10.1 Å². The molecular formula is C15H14FN5. The summed E-state index contributed by atoms with van der Waals surface area (Å²) >= 11 is 0. The van der Waals surface area contributed by atoms with Crippen LogP contribution in [-0.2, 0) is 0 Å². The first-order chi connectivity index (χ1) is 10.2. The first-order valence-corrected chi connectivity index (χ1v) is 6.56. The van der Waals surface area contributed by atoms with Crippen molar-refractivity contribution in [2.75, 3.05) is 5.32 Å². The number of anilines is 1. The maximum absolute atomic E-state index is 13.2. The van der Waals surface area contributed by atoms with E-state index in [-0.39, 0.29) is 11.9 Å². The predicted octanol–water partition coefficient (Wildman–Crippen LogP) is 2.97. The topological polar surface area (TPSA) is 55.6 Å². The maximum atomic E-state index is 13.2. The third kappa shape index (κ3) is 3.05. The van der Waals surface area contributed by atoms with Crippen molar-refractivity contribution < 1.29 is 4.39 Å². The zero-order valence-corrected chi connectivity index (χ0v) is 11.4. The highest BCUT2D eigenvalue weighted by Crippen LogP contribution is 2.20. The third-order valence-electron chi connectivity index (χ3n) is 3.13. The van der Waals surface area contributed by atoms with Crippen molar-refractivity contribution in [3.8, 4) is 5.69 Å². The molecule has 0 bridgehead atoms. The van der Waals surface area contributed by atoms with Crippen LogP contribution in [0.15, 0.2) is 55.1 Å². The molecule has 1 N–H and O–H groups in total. The number of rotatable bonds is 4. The number of pyridine rings is 1. The fourth-order valence-corrected chi connectivity index (χ4v) is 2.04. The third-order valence-corrected chi connectivity index (χ3v) is 3.13. The summed E-state index contributed by atoms with van der Waals surface area (Å²) in [5.41, 5.74) is 2.61. The number of nitrogens with zero attached hydrogens (tertiary/aromatic N) is 4. The van der Waals surface area contributed by atoms with Crippen LogP contribution >= 0.6 is 0 Å². The van der Waals surface area contributed by atoms with Crippen LogP contribution in [0.1, 0.15) is 18.5 Å². The van der Waals surface area contributed by atoms with Gasteiger partial charge in [0.15, 0.2) is 0 Å². The highest BCUT2D eigenvalue weighted by Gasteiger charge is 2.07. The van der Waals surface area contributed by atoms with Gasteiger partial charge in [0, 0.05) is 11.9 Å². The van der Waals surface area contributed by atoms with E-state index >= 15 is 0 Å². The summed E-state index contributed by atoms with van der Waals surface area (Å²) in [5, 5.41) is 11.4. The lowest BCUT2D eigenvalue weighted by Crippen LogP contribution is -2.07. The molecule has 0 fully saturated rings. The minimum atomic E-state index is -0.332. The second-order valence-corrected chi connectivity index (χ2v) is 4.67. The number of halogens is 1. The Labute approximate surface area is 121 Å². The van der Waals surface area contributed by atoms with E-state index in [4.69, 9.17) is 0 Å². The minimum Gasteiger partial charge on any atom is -0.378 e. The summed E-state index contributed by atoms with van der Waals surface area (Å²) < 4.78 is 13.2. The summed E-state index contributed by atoms with van der Waals surface area (Å²) in [5.74, 6) is -0.332. The Morgan fingerprint density at radius 3 is 2.48 bits per heavy atom. The Kier molecular flexibility index (Phi) is 3.59. The molecule has 0 spiro atoms. The summed E-state index contributed by atoms with van der Waals surface area (Å²) in [6.07, 6.45) is 6.11. The van der Waals surface area contributed by atoms with Crippen molar-refractivity contribution in [1.29, 1.82) is 0 Å². The Balaban J connectivity index is 1.73. The molecule has 5 nitrogen and oxygen atoms in total. The van der Waals surface area contributed by atoms with E-state index in [2.05, 4.69) is 20.5 Å². The van der Waals surface area contributed by atoms with Gasteiger partial charge < -0.3 is 5.32 Å². The largest absolute Gasteiger partial charge is 0.378 e. The van der Waals surface area contributed by atoms with Crippen molar-refractivity contribution in [3.05, 3.63) is 66.5 Å². The Morgan fingerprint density at radius 1 is 1.10 bits per heavy atom. The maximum Gasteiger partial charge on any atom is 0.141 e.